The summed E-state index contributed by atoms with van der Waals surface area (Å²) in [5.74, 6) is -0.0997. The van der Waals surface area contributed by atoms with Gasteiger partial charge in [0.1, 0.15) is 5.01 Å². The summed E-state index contributed by atoms with van der Waals surface area (Å²) in [6.45, 7) is 2.15. The van der Waals surface area contributed by atoms with Crippen molar-refractivity contribution in [1.29, 1.82) is 0 Å². The molecule has 0 bridgehead atoms. The highest BCUT2D eigenvalue weighted by atomic mass is 32.2. The molecule has 1 heterocycles. The van der Waals surface area contributed by atoms with Crippen LogP contribution in [0.3, 0.4) is 0 Å². The molecular formula is C15H18N2O4S2. The fraction of sp³-hybridized carbons (Fsp3) is 0.333. The number of ketones is 1. The minimum absolute atomic E-state index is 0.0997. The van der Waals surface area contributed by atoms with Gasteiger partial charge in [-0.15, -0.1) is 11.3 Å². The number of benzene rings is 1. The third kappa shape index (κ3) is 4.93. The summed E-state index contributed by atoms with van der Waals surface area (Å²) in [7, 11) is -1.98. The molecule has 0 aliphatic rings. The van der Waals surface area contributed by atoms with Crippen LogP contribution in [-0.4, -0.2) is 32.8 Å². The van der Waals surface area contributed by atoms with Crippen molar-refractivity contribution >= 4 is 27.1 Å². The highest BCUT2D eigenvalue weighted by Crippen LogP contribution is 2.13. The summed E-state index contributed by atoms with van der Waals surface area (Å²) in [5, 5.41) is 2.76. The molecule has 23 heavy (non-hydrogen) atoms. The van der Waals surface area contributed by atoms with E-state index in [0.717, 1.165) is 10.7 Å². The largest absolute Gasteiger partial charge is 0.378 e. The zero-order chi connectivity index (χ0) is 16.9. The van der Waals surface area contributed by atoms with Crippen LogP contribution in [0.2, 0.25) is 0 Å². The Bertz CT molecular complexity index is 767. The lowest BCUT2D eigenvalue weighted by atomic mass is 10.2. The van der Waals surface area contributed by atoms with Crippen LogP contribution >= 0.6 is 11.3 Å². The average molecular weight is 354 g/mol. The molecule has 0 aliphatic carbocycles. The first-order valence-electron chi connectivity index (χ1n) is 6.95. The first-order valence-corrected chi connectivity index (χ1v) is 9.31. The Morgan fingerprint density at radius 2 is 2.00 bits per heavy atom. The van der Waals surface area contributed by atoms with Gasteiger partial charge in [0.25, 0.3) is 0 Å². The van der Waals surface area contributed by atoms with E-state index < -0.39 is 10.0 Å². The summed E-state index contributed by atoms with van der Waals surface area (Å²) < 4.78 is 31.9. The SMILES string of the molecule is COCc1nc(CCNS(=O)(=O)c2ccc(C(C)=O)cc2)cs1. The first-order chi connectivity index (χ1) is 10.9. The molecule has 0 saturated heterocycles. The molecule has 1 aromatic heterocycles. The number of hydrogen-bond acceptors (Lipinski definition) is 6. The molecule has 0 saturated carbocycles. The number of rotatable bonds is 8. The van der Waals surface area contributed by atoms with E-state index in [9.17, 15) is 13.2 Å². The van der Waals surface area contributed by atoms with Crippen LogP contribution in [0.15, 0.2) is 34.5 Å². The molecule has 2 aromatic rings. The topological polar surface area (TPSA) is 85.4 Å². The van der Waals surface area contributed by atoms with E-state index >= 15 is 0 Å². The van der Waals surface area contributed by atoms with Crippen LogP contribution in [0.4, 0.5) is 0 Å². The third-order valence-electron chi connectivity index (χ3n) is 3.11. The van der Waals surface area contributed by atoms with Gasteiger partial charge >= 0.3 is 0 Å². The molecule has 6 nitrogen and oxygen atoms in total. The Balaban J connectivity index is 1.94. The van der Waals surface area contributed by atoms with Crippen molar-refractivity contribution in [2.45, 2.75) is 24.8 Å². The number of aromatic nitrogens is 1. The summed E-state index contributed by atoms with van der Waals surface area (Å²) in [6, 6.07) is 5.87. The van der Waals surface area contributed by atoms with Crippen molar-refractivity contribution in [3.63, 3.8) is 0 Å². The Labute approximate surface area is 139 Å². The van der Waals surface area contributed by atoms with Gasteiger partial charge in [0, 0.05) is 31.0 Å². The summed E-state index contributed by atoms with van der Waals surface area (Å²) in [5.41, 5.74) is 1.31. The molecule has 1 aromatic carbocycles. The van der Waals surface area contributed by atoms with Gasteiger partial charge in [-0.05, 0) is 19.1 Å². The van der Waals surface area contributed by atoms with Crippen molar-refractivity contribution in [3.05, 3.63) is 45.9 Å². The number of Topliss-reactive ketones (excluding diaryl/α,β-unsaturated/α-hetero) is 1. The van der Waals surface area contributed by atoms with Crippen LogP contribution in [0.5, 0.6) is 0 Å². The third-order valence-corrected chi connectivity index (χ3v) is 5.46. The van der Waals surface area contributed by atoms with E-state index in [1.165, 1.54) is 42.5 Å². The lowest BCUT2D eigenvalue weighted by molar-refractivity contribution is 0.101. The van der Waals surface area contributed by atoms with E-state index in [-0.39, 0.29) is 17.2 Å². The fourth-order valence-corrected chi connectivity index (χ4v) is 3.75. The van der Waals surface area contributed by atoms with Gasteiger partial charge in [-0.3, -0.25) is 4.79 Å². The zero-order valence-electron chi connectivity index (χ0n) is 12.9. The molecule has 2 rings (SSSR count). The normalized spacial score (nSPS) is 11.6. The summed E-state index contributed by atoms with van der Waals surface area (Å²) in [4.78, 5) is 15.7. The van der Waals surface area contributed by atoms with Crippen LogP contribution < -0.4 is 4.72 Å². The van der Waals surface area contributed by atoms with Gasteiger partial charge in [-0.1, -0.05) is 12.1 Å². The number of hydrogen-bond donors (Lipinski definition) is 1. The predicted molar refractivity (Wildman–Crippen MR) is 88.2 cm³/mol. The van der Waals surface area contributed by atoms with E-state index in [1.807, 2.05) is 5.38 Å². The maximum atomic E-state index is 12.2. The number of methoxy groups -OCH3 is 1. The van der Waals surface area contributed by atoms with Crippen molar-refractivity contribution in [3.8, 4) is 0 Å². The van der Waals surface area contributed by atoms with Crippen LogP contribution in [0.25, 0.3) is 0 Å². The first kappa shape index (κ1) is 17.7. The number of sulfonamides is 1. The highest BCUT2D eigenvalue weighted by molar-refractivity contribution is 7.89. The minimum Gasteiger partial charge on any atom is -0.378 e. The smallest absolute Gasteiger partial charge is 0.240 e. The number of ether oxygens (including phenoxy) is 1. The van der Waals surface area contributed by atoms with Gasteiger partial charge < -0.3 is 4.74 Å². The van der Waals surface area contributed by atoms with Crippen molar-refractivity contribution in [2.24, 2.45) is 0 Å². The lowest BCUT2D eigenvalue weighted by Gasteiger charge is -2.06. The van der Waals surface area contributed by atoms with Gasteiger partial charge in [-0.25, -0.2) is 18.1 Å². The van der Waals surface area contributed by atoms with Crippen molar-refractivity contribution < 1.29 is 17.9 Å². The predicted octanol–water partition coefficient (Wildman–Crippen LogP) is 2.01. The average Bonchev–Trinajstić information content (AvgIpc) is 2.95. The van der Waals surface area contributed by atoms with Gasteiger partial charge in [0.2, 0.25) is 10.0 Å². The second-order valence-corrected chi connectivity index (χ2v) is 7.60. The van der Waals surface area contributed by atoms with Gasteiger partial charge in [0.15, 0.2) is 5.78 Å². The molecular weight excluding hydrogens is 336 g/mol. The standard InChI is InChI=1S/C15H18N2O4S2/c1-11(18)12-3-5-14(6-4-12)23(19,20)16-8-7-13-10-22-15(17-13)9-21-2/h3-6,10,16H,7-9H2,1-2H3. The van der Waals surface area contributed by atoms with E-state index in [2.05, 4.69) is 9.71 Å². The van der Waals surface area contributed by atoms with Crippen LogP contribution in [0.1, 0.15) is 28.0 Å². The van der Waals surface area contributed by atoms with E-state index in [4.69, 9.17) is 4.74 Å². The second kappa shape index (κ2) is 7.78. The van der Waals surface area contributed by atoms with Gasteiger partial charge in [0.05, 0.1) is 17.2 Å². The second-order valence-electron chi connectivity index (χ2n) is 4.89. The Hall–Kier alpha value is -1.61. The van der Waals surface area contributed by atoms with Gasteiger partial charge in [-0.2, -0.15) is 0 Å². The van der Waals surface area contributed by atoms with E-state index in [1.54, 1.807) is 7.11 Å². The molecule has 0 unspecified atom stereocenters. The van der Waals surface area contributed by atoms with Crippen molar-refractivity contribution in [2.75, 3.05) is 13.7 Å². The minimum atomic E-state index is -3.59. The molecule has 0 radical (unpaired) electrons. The molecule has 124 valence electrons. The maximum absolute atomic E-state index is 12.2. The number of nitrogens with one attached hydrogen (secondary N) is 1. The van der Waals surface area contributed by atoms with E-state index in [0.29, 0.717) is 18.6 Å². The lowest BCUT2D eigenvalue weighted by Crippen LogP contribution is -2.26. The fourth-order valence-electron chi connectivity index (χ4n) is 1.92. The Kier molecular flexibility index (Phi) is 6.00. The summed E-state index contributed by atoms with van der Waals surface area (Å²) >= 11 is 1.49. The number of nitrogens with zero attached hydrogens (tertiary/aromatic N) is 1. The van der Waals surface area contributed by atoms with Crippen LogP contribution in [0, 0.1) is 0 Å². The molecule has 0 fully saturated rings. The summed E-state index contributed by atoms with van der Waals surface area (Å²) in [6.07, 6.45) is 0.505. The Morgan fingerprint density at radius 1 is 1.30 bits per heavy atom. The quantitative estimate of drug-likeness (QED) is 0.733. The molecule has 0 aliphatic heterocycles. The zero-order valence-corrected chi connectivity index (χ0v) is 14.5. The molecule has 0 atom stereocenters. The van der Waals surface area contributed by atoms with Crippen LogP contribution in [-0.2, 0) is 27.8 Å². The highest BCUT2D eigenvalue weighted by Gasteiger charge is 2.14. The maximum Gasteiger partial charge on any atom is 0.240 e. The molecule has 8 heteroatoms. The Morgan fingerprint density at radius 3 is 2.61 bits per heavy atom. The monoisotopic (exact) mass is 354 g/mol. The number of carbonyl (C=O) groups excluding carboxylic acids is 1. The molecule has 0 amide bonds. The van der Waals surface area contributed by atoms with Crippen molar-refractivity contribution in [1.82, 2.24) is 9.71 Å². The number of thiazole rings is 1. The molecule has 0 spiro atoms. The molecule has 1 N–H and O–H groups in total. The number of carbonyl (C=O) groups is 1.